The Labute approximate surface area is 156 Å². The molecule has 0 bridgehead atoms. The number of allylic oxidation sites excluding steroid dienone is 1. The highest BCUT2D eigenvalue weighted by atomic mass is 15.3. The second-order valence-corrected chi connectivity index (χ2v) is 7.61. The minimum absolute atomic E-state index is 0.548. The lowest BCUT2D eigenvalue weighted by Crippen LogP contribution is -2.50. The first-order chi connectivity index (χ1) is 12.6. The quantitative estimate of drug-likeness (QED) is 0.850. The van der Waals surface area contributed by atoms with Gasteiger partial charge in [0.1, 0.15) is 5.65 Å². The molecule has 0 amide bonds. The van der Waals surface area contributed by atoms with Gasteiger partial charge in [0.15, 0.2) is 0 Å². The highest BCUT2D eigenvalue weighted by molar-refractivity contribution is 6.07. The Bertz CT molecular complexity index is 876. The summed E-state index contributed by atoms with van der Waals surface area (Å²) in [6, 6.07) is 0.548. The zero-order chi connectivity index (χ0) is 18.3. The fourth-order valence-corrected chi connectivity index (χ4v) is 4.16. The molecule has 138 valence electrons. The lowest BCUT2D eigenvalue weighted by Gasteiger charge is -2.40. The van der Waals surface area contributed by atoms with Crippen LogP contribution in [0.5, 0.6) is 0 Å². The van der Waals surface area contributed by atoms with Gasteiger partial charge in [0.25, 0.3) is 0 Å². The number of hydrogen-bond acceptors (Lipinski definition) is 4. The van der Waals surface area contributed by atoms with Crippen LogP contribution in [0.25, 0.3) is 5.65 Å². The van der Waals surface area contributed by atoms with E-state index in [1.807, 2.05) is 6.20 Å². The number of piperazine rings is 1. The molecule has 2 aromatic heterocycles. The molecule has 5 heteroatoms. The summed E-state index contributed by atoms with van der Waals surface area (Å²) in [7, 11) is 2.22. The first-order valence-electron chi connectivity index (χ1n) is 9.77. The Morgan fingerprint density at radius 2 is 2.08 bits per heavy atom. The van der Waals surface area contributed by atoms with Gasteiger partial charge >= 0.3 is 0 Å². The summed E-state index contributed by atoms with van der Waals surface area (Å²) in [5.41, 5.74) is 7.37. The molecule has 0 spiro atoms. The van der Waals surface area contributed by atoms with Gasteiger partial charge in [-0.15, -0.1) is 0 Å². The number of hydrogen-bond donors (Lipinski definition) is 0. The van der Waals surface area contributed by atoms with Crippen LogP contribution in [0, 0.1) is 6.92 Å². The van der Waals surface area contributed by atoms with Crippen LogP contribution >= 0.6 is 0 Å². The van der Waals surface area contributed by atoms with Crippen molar-refractivity contribution in [2.24, 2.45) is 4.99 Å². The third-order valence-electron chi connectivity index (χ3n) is 5.76. The number of aliphatic imine (C=N–C) groups is 1. The number of likely N-dealkylation sites (N-methyl/N-ethyl adjacent to an activating group) is 1. The standard InChI is InChI=1S/C21H29N5/c1-5-17-20(25-11-10-24(4)16(3)13-25)18(19-8-6-7-9-22-19)14-26-12-15(2)23-21(17)26/h7,9,12,14,16H,5-6,8,10-11,13H2,1-4H3/t16-/m1/s1. The molecule has 0 N–H and O–H groups in total. The SMILES string of the molecule is CCc1c(N2CCN(C)[C@H](C)C2)c(C2=NC=CCC2)cn2cc(C)nc12. The molecule has 5 nitrogen and oxygen atoms in total. The minimum Gasteiger partial charge on any atom is -0.368 e. The van der Waals surface area contributed by atoms with Crippen LogP contribution in [0.3, 0.4) is 0 Å². The number of anilines is 1. The van der Waals surface area contributed by atoms with Gasteiger partial charge in [-0.05, 0) is 40.2 Å². The number of imidazole rings is 1. The molecule has 0 saturated carbocycles. The van der Waals surface area contributed by atoms with Gasteiger partial charge in [0.05, 0.1) is 17.1 Å². The van der Waals surface area contributed by atoms with Crippen molar-refractivity contribution in [3.05, 3.63) is 41.5 Å². The fraction of sp³-hybridized carbons (Fsp3) is 0.524. The predicted molar refractivity (Wildman–Crippen MR) is 109 cm³/mol. The van der Waals surface area contributed by atoms with Crippen LogP contribution in [0.4, 0.5) is 5.69 Å². The normalized spacial score (nSPS) is 21.5. The maximum atomic E-state index is 4.83. The summed E-state index contributed by atoms with van der Waals surface area (Å²) in [5, 5.41) is 0. The maximum absolute atomic E-state index is 4.83. The molecule has 0 aromatic carbocycles. The van der Waals surface area contributed by atoms with E-state index in [2.05, 4.69) is 60.5 Å². The molecule has 2 aromatic rings. The van der Waals surface area contributed by atoms with E-state index in [9.17, 15) is 0 Å². The van der Waals surface area contributed by atoms with E-state index in [1.165, 1.54) is 22.5 Å². The van der Waals surface area contributed by atoms with E-state index in [4.69, 9.17) is 9.98 Å². The summed E-state index contributed by atoms with van der Waals surface area (Å²) in [4.78, 5) is 14.6. The lowest BCUT2D eigenvalue weighted by atomic mass is 9.98. The molecule has 1 atom stereocenters. The van der Waals surface area contributed by atoms with Crippen LogP contribution < -0.4 is 4.90 Å². The summed E-state index contributed by atoms with van der Waals surface area (Å²) in [6.07, 6.45) is 11.6. The number of aromatic nitrogens is 2. The van der Waals surface area contributed by atoms with Crippen LogP contribution in [0.15, 0.2) is 29.7 Å². The topological polar surface area (TPSA) is 36.1 Å². The third kappa shape index (κ3) is 2.94. The van der Waals surface area contributed by atoms with Gasteiger partial charge in [-0.1, -0.05) is 13.0 Å². The van der Waals surface area contributed by atoms with Crippen LogP contribution in [0.1, 0.15) is 43.5 Å². The van der Waals surface area contributed by atoms with Crippen molar-refractivity contribution in [3.63, 3.8) is 0 Å². The van der Waals surface area contributed by atoms with Crippen molar-refractivity contribution < 1.29 is 0 Å². The van der Waals surface area contributed by atoms with Crippen LogP contribution in [-0.2, 0) is 6.42 Å². The van der Waals surface area contributed by atoms with Crippen molar-refractivity contribution in [2.75, 3.05) is 31.6 Å². The first-order valence-corrected chi connectivity index (χ1v) is 9.77. The number of aryl methyl sites for hydroxylation is 2. The van der Waals surface area contributed by atoms with E-state index in [-0.39, 0.29) is 0 Å². The number of nitrogens with zero attached hydrogens (tertiary/aromatic N) is 5. The molecular formula is C21H29N5. The smallest absolute Gasteiger partial charge is 0.142 e. The average molecular weight is 351 g/mol. The monoisotopic (exact) mass is 351 g/mol. The van der Waals surface area contributed by atoms with Crippen LogP contribution in [-0.4, -0.2) is 52.7 Å². The summed E-state index contributed by atoms with van der Waals surface area (Å²) < 4.78 is 2.20. The second-order valence-electron chi connectivity index (χ2n) is 7.61. The zero-order valence-corrected chi connectivity index (χ0v) is 16.4. The van der Waals surface area contributed by atoms with Gasteiger partial charge in [-0.25, -0.2) is 4.98 Å². The molecule has 4 rings (SSSR count). The van der Waals surface area contributed by atoms with E-state index >= 15 is 0 Å². The second kappa shape index (κ2) is 6.88. The molecule has 0 aliphatic carbocycles. The molecule has 1 saturated heterocycles. The minimum atomic E-state index is 0.548. The highest BCUT2D eigenvalue weighted by Gasteiger charge is 2.27. The molecule has 2 aliphatic heterocycles. The van der Waals surface area contributed by atoms with E-state index in [0.717, 1.165) is 50.2 Å². The van der Waals surface area contributed by atoms with Crippen molar-refractivity contribution in [2.45, 2.75) is 46.1 Å². The van der Waals surface area contributed by atoms with Gasteiger partial charge < -0.3 is 14.2 Å². The van der Waals surface area contributed by atoms with Crippen molar-refractivity contribution in [3.8, 4) is 0 Å². The van der Waals surface area contributed by atoms with Gasteiger partial charge in [-0.3, -0.25) is 4.99 Å². The summed E-state index contributed by atoms with van der Waals surface area (Å²) in [5.74, 6) is 0. The predicted octanol–water partition coefficient (Wildman–Crippen LogP) is 3.44. The van der Waals surface area contributed by atoms with Crippen molar-refractivity contribution in [1.82, 2.24) is 14.3 Å². The lowest BCUT2D eigenvalue weighted by molar-refractivity contribution is 0.234. The Kier molecular flexibility index (Phi) is 4.57. The van der Waals surface area contributed by atoms with E-state index in [0.29, 0.717) is 6.04 Å². The van der Waals surface area contributed by atoms with Gasteiger partial charge in [0.2, 0.25) is 0 Å². The van der Waals surface area contributed by atoms with Gasteiger partial charge in [-0.2, -0.15) is 0 Å². The Morgan fingerprint density at radius 1 is 1.23 bits per heavy atom. The molecule has 2 aliphatic rings. The molecule has 1 fully saturated rings. The Morgan fingerprint density at radius 3 is 2.77 bits per heavy atom. The highest BCUT2D eigenvalue weighted by Crippen LogP contribution is 2.33. The molecular weight excluding hydrogens is 322 g/mol. The van der Waals surface area contributed by atoms with Crippen molar-refractivity contribution in [1.29, 1.82) is 0 Å². The average Bonchev–Trinajstić information content (AvgIpc) is 3.03. The number of pyridine rings is 1. The van der Waals surface area contributed by atoms with E-state index < -0.39 is 0 Å². The molecule has 26 heavy (non-hydrogen) atoms. The summed E-state index contributed by atoms with van der Waals surface area (Å²) >= 11 is 0. The Balaban J connectivity index is 1.92. The number of rotatable bonds is 3. The largest absolute Gasteiger partial charge is 0.368 e. The molecule has 0 unspecified atom stereocenters. The van der Waals surface area contributed by atoms with Crippen molar-refractivity contribution >= 4 is 17.0 Å². The maximum Gasteiger partial charge on any atom is 0.142 e. The van der Waals surface area contributed by atoms with Gasteiger partial charge in [0, 0.05) is 55.4 Å². The Hall–Kier alpha value is -2.14. The van der Waals surface area contributed by atoms with Crippen LogP contribution in [0.2, 0.25) is 0 Å². The fourth-order valence-electron chi connectivity index (χ4n) is 4.16. The summed E-state index contributed by atoms with van der Waals surface area (Å²) in [6.45, 7) is 9.83. The third-order valence-corrected chi connectivity index (χ3v) is 5.76. The molecule has 0 radical (unpaired) electrons. The zero-order valence-electron chi connectivity index (χ0n) is 16.4. The van der Waals surface area contributed by atoms with E-state index in [1.54, 1.807) is 0 Å². The number of fused-ring (bicyclic) bond motifs is 1. The first kappa shape index (κ1) is 17.3. The molecule has 4 heterocycles.